The average Bonchev–Trinajstić information content (AvgIpc) is 2.99. The maximum Gasteiger partial charge on any atom is 0.195 e. The fourth-order valence-electron chi connectivity index (χ4n) is 3.14. The summed E-state index contributed by atoms with van der Waals surface area (Å²) in [7, 11) is 1.76. The summed E-state index contributed by atoms with van der Waals surface area (Å²) in [6, 6.07) is 13.9. The van der Waals surface area contributed by atoms with E-state index in [1.807, 2.05) is 42.5 Å². The molecule has 2 heterocycles. The van der Waals surface area contributed by atoms with E-state index in [0.717, 1.165) is 65.8 Å². The van der Waals surface area contributed by atoms with Crippen LogP contribution in [0.3, 0.4) is 0 Å². The number of para-hydroxylation sites is 2. The minimum atomic E-state index is 0.672. The first kappa shape index (κ1) is 18.2. The van der Waals surface area contributed by atoms with Crippen LogP contribution in [0.15, 0.2) is 47.5 Å². The quantitative estimate of drug-likeness (QED) is 0.360. The molecule has 0 radical (unpaired) electrons. The van der Waals surface area contributed by atoms with Crippen LogP contribution in [-0.4, -0.2) is 42.7 Å². The second-order valence-electron chi connectivity index (χ2n) is 6.64. The van der Waals surface area contributed by atoms with Crippen LogP contribution in [0.25, 0.3) is 11.0 Å². The summed E-state index contributed by atoms with van der Waals surface area (Å²) in [5, 5.41) is 6.64. The third kappa shape index (κ3) is 4.36. The Kier molecular flexibility index (Phi) is 5.61. The summed E-state index contributed by atoms with van der Waals surface area (Å²) >= 11 is 0. The number of aryl methyl sites for hydroxylation is 1. The van der Waals surface area contributed by atoms with Gasteiger partial charge in [0.25, 0.3) is 0 Å². The summed E-state index contributed by atoms with van der Waals surface area (Å²) in [6.07, 6.45) is 2.72. The van der Waals surface area contributed by atoms with E-state index in [9.17, 15) is 0 Å². The van der Waals surface area contributed by atoms with Gasteiger partial charge in [-0.3, -0.25) is 4.99 Å². The monoisotopic (exact) mass is 379 g/mol. The van der Waals surface area contributed by atoms with Gasteiger partial charge in [-0.2, -0.15) is 0 Å². The van der Waals surface area contributed by atoms with Crippen LogP contribution < -0.4 is 20.1 Å². The number of fused-ring (bicyclic) bond motifs is 2. The molecule has 1 aromatic heterocycles. The van der Waals surface area contributed by atoms with Crippen molar-refractivity contribution in [1.29, 1.82) is 0 Å². The molecule has 0 spiro atoms. The van der Waals surface area contributed by atoms with E-state index in [4.69, 9.17) is 9.47 Å². The number of guanidine groups is 1. The molecular formula is C21H25N5O2. The first-order valence-electron chi connectivity index (χ1n) is 9.63. The highest BCUT2D eigenvalue weighted by Crippen LogP contribution is 2.32. The molecule has 1 aliphatic heterocycles. The summed E-state index contributed by atoms with van der Waals surface area (Å²) in [4.78, 5) is 12.3. The van der Waals surface area contributed by atoms with Crippen molar-refractivity contribution < 1.29 is 9.47 Å². The highest BCUT2D eigenvalue weighted by Gasteiger charge is 2.11. The number of nitrogens with one attached hydrogen (secondary N) is 3. The Morgan fingerprint density at radius 3 is 2.86 bits per heavy atom. The Morgan fingerprint density at radius 2 is 2.00 bits per heavy atom. The second kappa shape index (κ2) is 8.65. The number of benzene rings is 2. The van der Waals surface area contributed by atoms with Crippen LogP contribution >= 0.6 is 0 Å². The number of aliphatic imine (C=N–C) groups is 1. The van der Waals surface area contributed by atoms with E-state index in [2.05, 4.69) is 25.6 Å². The van der Waals surface area contributed by atoms with Crippen LogP contribution in [0.1, 0.15) is 18.7 Å². The van der Waals surface area contributed by atoms with Crippen LogP contribution in [0.2, 0.25) is 0 Å². The summed E-state index contributed by atoms with van der Waals surface area (Å²) in [5.41, 5.74) is 3.00. The molecule has 0 amide bonds. The molecule has 0 fully saturated rings. The lowest BCUT2D eigenvalue weighted by Gasteiger charge is -2.13. The number of aromatic nitrogens is 2. The normalized spacial score (nSPS) is 14.0. The van der Waals surface area contributed by atoms with Crippen LogP contribution in [0.4, 0.5) is 5.69 Å². The van der Waals surface area contributed by atoms with Gasteiger partial charge >= 0.3 is 0 Å². The SMILES string of the molecule is CN=C(NCCCc1nc2ccccc2[nH]1)Nc1ccc2c(c1)OCCCO2. The molecule has 0 saturated heterocycles. The van der Waals surface area contributed by atoms with Crippen molar-refractivity contribution in [1.82, 2.24) is 15.3 Å². The van der Waals surface area contributed by atoms with Gasteiger partial charge in [0, 0.05) is 38.2 Å². The topological polar surface area (TPSA) is 83.6 Å². The number of nitrogens with zero attached hydrogens (tertiary/aromatic N) is 2. The van der Waals surface area contributed by atoms with Crippen molar-refractivity contribution in [3.05, 3.63) is 48.3 Å². The van der Waals surface area contributed by atoms with Crippen LogP contribution in [0.5, 0.6) is 11.5 Å². The summed E-state index contributed by atoms with van der Waals surface area (Å²) < 4.78 is 11.4. The molecule has 0 bridgehead atoms. The van der Waals surface area contributed by atoms with Gasteiger partial charge in [-0.15, -0.1) is 0 Å². The molecule has 3 N–H and O–H groups in total. The third-order valence-electron chi connectivity index (χ3n) is 4.56. The van der Waals surface area contributed by atoms with Gasteiger partial charge in [0.15, 0.2) is 17.5 Å². The Labute approximate surface area is 164 Å². The van der Waals surface area contributed by atoms with Gasteiger partial charge in [-0.05, 0) is 30.7 Å². The molecule has 0 aliphatic carbocycles. The molecule has 146 valence electrons. The molecular weight excluding hydrogens is 354 g/mol. The lowest BCUT2D eigenvalue weighted by Crippen LogP contribution is -2.31. The predicted molar refractivity (Wildman–Crippen MR) is 111 cm³/mol. The molecule has 7 nitrogen and oxygen atoms in total. The largest absolute Gasteiger partial charge is 0.490 e. The van der Waals surface area contributed by atoms with Gasteiger partial charge in [0.2, 0.25) is 0 Å². The highest BCUT2D eigenvalue weighted by molar-refractivity contribution is 5.93. The Hall–Kier alpha value is -3.22. The molecule has 28 heavy (non-hydrogen) atoms. The van der Waals surface area contributed by atoms with E-state index in [1.54, 1.807) is 7.05 Å². The molecule has 3 aromatic rings. The first-order chi connectivity index (χ1) is 13.8. The van der Waals surface area contributed by atoms with E-state index in [-0.39, 0.29) is 0 Å². The smallest absolute Gasteiger partial charge is 0.195 e. The molecule has 7 heteroatoms. The Balaban J connectivity index is 1.28. The van der Waals surface area contributed by atoms with Crippen LogP contribution in [-0.2, 0) is 6.42 Å². The van der Waals surface area contributed by atoms with Gasteiger partial charge in [-0.25, -0.2) is 4.98 Å². The maximum atomic E-state index is 5.74. The summed E-state index contributed by atoms with van der Waals surface area (Å²) in [5.74, 6) is 3.28. The van der Waals surface area contributed by atoms with Crippen molar-refractivity contribution >= 4 is 22.7 Å². The van der Waals surface area contributed by atoms with Crippen LogP contribution in [0, 0.1) is 0 Å². The number of H-pyrrole nitrogens is 1. The van der Waals surface area contributed by atoms with E-state index in [0.29, 0.717) is 13.2 Å². The number of hydrogen-bond donors (Lipinski definition) is 3. The Bertz CT molecular complexity index is 933. The van der Waals surface area contributed by atoms with Crippen molar-refractivity contribution in [3.8, 4) is 11.5 Å². The number of imidazole rings is 1. The first-order valence-corrected chi connectivity index (χ1v) is 9.63. The molecule has 0 atom stereocenters. The maximum absolute atomic E-state index is 5.74. The van der Waals surface area contributed by atoms with Gasteiger partial charge < -0.3 is 25.1 Å². The van der Waals surface area contributed by atoms with Gasteiger partial charge in [0.05, 0.1) is 24.2 Å². The standard InChI is InChI=1S/C21H25N5O2/c1-22-21(24-15-9-10-18-19(14-15)28-13-5-12-27-18)23-11-4-8-20-25-16-6-2-3-7-17(16)26-20/h2-3,6-7,9-10,14H,4-5,8,11-13H2,1H3,(H,25,26)(H2,22,23,24). The van der Waals surface area contributed by atoms with Crippen molar-refractivity contribution in [2.45, 2.75) is 19.3 Å². The van der Waals surface area contributed by atoms with Gasteiger partial charge in [-0.1, -0.05) is 12.1 Å². The lowest BCUT2D eigenvalue weighted by molar-refractivity contribution is 0.297. The minimum Gasteiger partial charge on any atom is -0.490 e. The molecule has 0 unspecified atom stereocenters. The number of hydrogen-bond acceptors (Lipinski definition) is 4. The average molecular weight is 379 g/mol. The zero-order valence-corrected chi connectivity index (χ0v) is 16.0. The fourth-order valence-corrected chi connectivity index (χ4v) is 3.14. The van der Waals surface area contributed by atoms with Crippen molar-refractivity contribution in [2.75, 3.05) is 32.1 Å². The molecule has 2 aromatic carbocycles. The number of ether oxygens (including phenoxy) is 2. The number of aromatic amines is 1. The predicted octanol–water partition coefficient (Wildman–Crippen LogP) is 3.34. The number of rotatable bonds is 5. The minimum absolute atomic E-state index is 0.672. The number of anilines is 1. The third-order valence-corrected chi connectivity index (χ3v) is 4.56. The van der Waals surface area contributed by atoms with Crippen molar-refractivity contribution in [2.24, 2.45) is 4.99 Å². The fraction of sp³-hybridized carbons (Fsp3) is 0.333. The van der Waals surface area contributed by atoms with E-state index in [1.165, 1.54) is 0 Å². The summed E-state index contributed by atoms with van der Waals surface area (Å²) in [6.45, 7) is 2.15. The Morgan fingerprint density at radius 1 is 1.14 bits per heavy atom. The zero-order chi connectivity index (χ0) is 19.2. The van der Waals surface area contributed by atoms with E-state index < -0.39 is 0 Å². The zero-order valence-electron chi connectivity index (χ0n) is 16.0. The van der Waals surface area contributed by atoms with E-state index >= 15 is 0 Å². The van der Waals surface area contributed by atoms with Gasteiger partial charge in [0.1, 0.15) is 5.82 Å². The molecule has 4 rings (SSSR count). The second-order valence-corrected chi connectivity index (χ2v) is 6.64. The highest BCUT2D eigenvalue weighted by atomic mass is 16.5. The molecule has 1 aliphatic rings. The lowest BCUT2D eigenvalue weighted by atomic mass is 10.2. The van der Waals surface area contributed by atoms with Crippen molar-refractivity contribution in [3.63, 3.8) is 0 Å². The molecule has 0 saturated carbocycles.